The molecule has 1 amide bonds. The number of aryl methyl sites for hydroxylation is 1. The lowest BCUT2D eigenvalue weighted by molar-refractivity contribution is -0.119. The number of carbonyl (C=O) groups is 1. The summed E-state index contributed by atoms with van der Waals surface area (Å²) in [5, 5.41) is 7.20. The summed E-state index contributed by atoms with van der Waals surface area (Å²) in [6.45, 7) is 7.81. The minimum absolute atomic E-state index is 0.0719. The number of anilines is 1. The van der Waals surface area contributed by atoms with Gasteiger partial charge in [0.2, 0.25) is 5.91 Å². The quantitative estimate of drug-likeness (QED) is 0.927. The van der Waals surface area contributed by atoms with E-state index in [1.54, 1.807) is 10.9 Å². The van der Waals surface area contributed by atoms with Crippen molar-refractivity contribution in [1.29, 1.82) is 0 Å². The molecule has 5 heteroatoms. The lowest BCUT2D eigenvalue weighted by Gasteiger charge is -2.16. The van der Waals surface area contributed by atoms with Crippen LogP contribution in [0.2, 0.25) is 0 Å². The molecule has 1 unspecified atom stereocenters. The van der Waals surface area contributed by atoms with Gasteiger partial charge >= 0.3 is 0 Å². The monoisotopic (exact) mass is 335 g/mol. The molecule has 1 N–H and O–H groups in total. The van der Waals surface area contributed by atoms with Gasteiger partial charge in [-0.3, -0.25) is 9.48 Å². The van der Waals surface area contributed by atoms with Crippen molar-refractivity contribution in [3.8, 4) is 0 Å². The number of halogens is 1. The molecule has 0 saturated carbocycles. The van der Waals surface area contributed by atoms with E-state index in [9.17, 15) is 4.79 Å². The standard InChI is InChI=1S/C15H18BrN3O/c1-9-6-5-7-14(10(9)2)18-15(20)12(4)19-11(3)13(16)8-17-19/h5-8,12H,1-4H3,(H,18,20). The van der Waals surface area contributed by atoms with Crippen molar-refractivity contribution in [1.82, 2.24) is 9.78 Å². The van der Waals surface area contributed by atoms with Gasteiger partial charge in [0.25, 0.3) is 0 Å². The maximum Gasteiger partial charge on any atom is 0.248 e. The van der Waals surface area contributed by atoms with E-state index in [2.05, 4.69) is 26.3 Å². The maximum absolute atomic E-state index is 12.4. The zero-order valence-electron chi connectivity index (χ0n) is 12.1. The van der Waals surface area contributed by atoms with Gasteiger partial charge in [0.15, 0.2) is 0 Å². The van der Waals surface area contributed by atoms with Crippen LogP contribution in [0.5, 0.6) is 0 Å². The molecule has 0 aliphatic heterocycles. The molecule has 0 aliphatic carbocycles. The van der Waals surface area contributed by atoms with Crippen molar-refractivity contribution in [2.45, 2.75) is 33.7 Å². The van der Waals surface area contributed by atoms with Crippen LogP contribution in [0.3, 0.4) is 0 Å². The summed E-state index contributed by atoms with van der Waals surface area (Å²) >= 11 is 3.41. The van der Waals surface area contributed by atoms with Crippen LogP contribution in [-0.2, 0) is 4.79 Å². The van der Waals surface area contributed by atoms with Crippen molar-refractivity contribution in [2.24, 2.45) is 0 Å². The fraction of sp³-hybridized carbons (Fsp3) is 0.333. The number of nitrogens with one attached hydrogen (secondary N) is 1. The zero-order chi connectivity index (χ0) is 14.9. The van der Waals surface area contributed by atoms with Gasteiger partial charge in [0.1, 0.15) is 6.04 Å². The third-order valence-electron chi connectivity index (χ3n) is 3.59. The normalized spacial score (nSPS) is 12.2. The van der Waals surface area contributed by atoms with Gasteiger partial charge < -0.3 is 5.32 Å². The van der Waals surface area contributed by atoms with Crippen LogP contribution in [0.1, 0.15) is 29.8 Å². The van der Waals surface area contributed by atoms with Gasteiger partial charge in [-0.2, -0.15) is 5.10 Å². The molecule has 20 heavy (non-hydrogen) atoms. The number of benzene rings is 1. The second kappa shape index (κ2) is 5.79. The number of amides is 1. The first-order valence-electron chi connectivity index (χ1n) is 6.48. The molecule has 2 aromatic rings. The minimum Gasteiger partial charge on any atom is -0.324 e. The van der Waals surface area contributed by atoms with Crippen molar-refractivity contribution in [3.63, 3.8) is 0 Å². The van der Waals surface area contributed by atoms with Gasteiger partial charge in [-0.25, -0.2) is 0 Å². The highest BCUT2D eigenvalue weighted by molar-refractivity contribution is 9.10. The Hall–Kier alpha value is -1.62. The van der Waals surface area contributed by atoms with E-state index < -0.39 is 0 Å². The molecule has 1 atom stereocenters. The molecule has 1 aromatic carbocycles. The fourth-order valence-electron chi connectivity index (χ4n) is 2.03. The molecule has 0 fully saturated rings. The van der Waals surface area contributed by atoms with Gasteiger partial charge in [-0.15, -0.1) is 0 Å². The van der Waals surface area contributed by atoms with Gasteiger partial charge in [0, 0.05) is 5.69 Å². The molecule has 0 bridgehead atoms. The van der Waals surface area contributed by atoms with E-state index in [0.29, 0.717) is 0 Å². The number of aromatic nitrogens is 2. The summed E-state index contributed by atoms with van der Waals surface area (Å²) < 4.78 is 2.62. The van der Waals surface area contributed by atoms with Crippen LogP contribution < -0.4 is 5.32 Å². The van der Waals surface area contributed by atoms with Gasteiger partial charge in [-0.1, -0.05) is 12.1 Å². The summed E-state index contributed by atoms with van der Waals surface area (Å²) in [5.74, 6) is -0.0719. The van der Waals surface area contributed by atoms with E-state index in [0.717, 1.165) is 27.0 Å². The van der Waals surface area contributed by atoms with Crippen molar-refractivity contribution in [3.05, 3.63) is 45.7 Å². The molecule has 2 rings (SSSR count). The number of hydrogen-bond acceptors (Lipinski definition) is 2. The van der Waals surface area contributed by atoms with Gasteiger partial charge in [-0.05, 0) is 60.8 Å². The predicted molar refractivity (Wildman–Crippen MR) is 83.9 cm³/mol. The minimum atomic E-state index is -0.360. The molecule has 0 radical (unpaired) electrons. The summed E-state index contributed by atoms with van der Waals surface area (Å²) in [7, 11) is 0. The summed E-state index contributed by atoms with van der Waals surface area (Å²) in [5.41, 5.74) is 4.04. The Morgan fingerprint density at radius 2 is 2.05 bits per heavy atom. The molecule has 4 nitrogen and oxygen atoms in total. The average molecular weight is 336 g/mol. The summed E-state index contributed by atoms with van der Waals surface area (Å²) in [6, 6.07) is 5.53. The highest BCUT2D eigenvalue weighted by atomic mass is 79.9. The van der Waals surface area contributed by atoms with E-state index in [1.807, 2.05) is 45.9 Å². The van der Waals surface area contributed by atoms with Crippen molar-refractivity contribution >= 4 is 27.5 Å². The second-order valence-electron chi connectivity index (χ2n) is 4.94. The Bertz CT molecular complexity index is 649. The average Bonchev–Trinajstić information content (AvgIpc) is 2.74. The lowest BCUT2D eigenvalue weighted by atomic mass is 10.1. The van der Waals surface area contributed by atoms with E-state index in [1.165, 1.54) is 0 Å². The van der Waals surface area contributed by atoms with E-state index in [-0.39, 0.29) is 11.9 Å². The Morgan fingerprint density at radius 3 is 2.65 bits per heavy atom. The van der Waals surface area contributed by atoms with Gasteiger partial charge in [0.05, 0.1) is 16.4 Å². The highest BCUT2D eigenvalue weighted by Gasteiger charge is 2.19. The van der Waals surface area contributed by atoms with E-state index in [4.69, 9.17) is 0 Å². The zero-order valence-corrected chi connectivity index (χ0v) is 13.7. The molecular weight excluding hydrogens is 318 g/mol. The molecule has 1 heterocycles. The van der Waals surface area contributed by atoms with Crippen LogP contribution in [0, 0.1) is 20.8 Å². The van der Waals surface area contributed by atoms with Crippen LogP contribution >= 0.6 is 15.9 Å². The van der Waals surface area contributed by atoms with Crippen molar-refractivity contribution < 1.29 is 4.79 Å². The Kier molecular flexibility index (Phi) is 4.28. The molecule has 0 spiro atoms. The van der Waals surface area contributed by atoms with Crippen LogP contribution in [0.25, 0.3) is 0 Å². The second-order valence-corrected chi connectivity index (χ2v) is 5.79. The molecule has 0 aliphatic rings. The Balaban J connectivity index is 2.20. The number of nitrogens with zero attached hydrogens (tertiary/aromatic N) is 2. The van der Waals surface area contributed by atoms with Crippen LogP contribution in [0.15, 0.2) is 28.9 Å². The molecule has 1 aromatic heterocycles. The molecule has 0 saturated heterocycles. The number of carbonyl (C=O) groups excluding carboxylic acids is 1. The molecule has 106 valence electrons. The first-order valence-corrected chi connectivity index (χ1v) is 7.27. The third-order valence-corrected chi connectivity index (χ3v) is 4.37. The van der Waals surface area contributed by atoms with Crippen molar-refractivity contribution in [2.75, 3.05) is 5.32 Å². The first-order chi connectivity index (χ1) is 9.41. The predicted octanol–water partition coefficient (Wildman–Crippen LogP) is 3.77. The number of hydrogen-bond donors (Lipinski definition) is 1. The van der Waals surface area contributed by atoms with Crippen LogP contribution in [0.4, 0.5) is 5.69 Å². The Morgan fingerprint density at radius 1 is 1.35 bits per heavy atom. The molecular formula is C15H18BrN3O. The Labute approximate surface area is 127 Å². The summed E-state index contributed by atoms with van der Waals surface area (Å²) in [4.78, 5) is 12.4. The number of rotatable bonds is 3. The SMILES string of the molecule is Cc1cccc(NC(=O)C(C)n2ncc(Br)c2C)c1C. The lowest BCUT2D eigenvalue weighted by Crippen LogP contribution is -2.25. The highest BCUT2D eigenvalue weighted by Crippen LogP contribution is 2.22. The third kappa shape index (κ3) is 2.77. The largest absolute Gasteiger partial charge is 0.324 e. The first kappa shape index (κ1) is 14.8. The van der Waals surface area contributed by atoms with Crippen LogP contribution in [-0.4, -0.2) is 15.7 Å². The smallest absolute Gasteiger partial charge is 0.248 e. The fourth-order valence-corrected chi connectivity index (χ4v) is 2.30. The topological polar surface area (TPSA) is 46.9 Å². The van der Waals surface area contributed by atoms with E-state index >= 15 is 0 Å². The maximum atomic E-state index is 12.4. The summed E-state index contributed by atoms with van der Waals surface area (Å²) in [6.07, 6.45) is 1.71.